The molecule has 0 aromatic heterocycles. The molecule has 1 saturated heterocycles. The summed E-state index contributed by atoms with van der Waals surface area (Å²) < 4.78 is 0. The van der Waals surface area contributed by atoms with Crippen LogP contribution < -0.4 is 5.32 Å². The zero-order valence-corrected chi connectivity index (χ0v) is 9.22. The summed E-state index contributed by atoms with van der Waals surface area (Å²) in [6.07, 6.45) is 4.37. The fourth-order valence-electron chi connectivity index (χ4n) is 3.23. The number of nitrogens with one attached hydrogen (secondary N) is 1. The molecule has 1 heterocycles. The summed E-state index contributed by atoms with van der Waals surface area (Å²) in [6.45, 7) is 8.48. The van der Waals surface area contributed by atoms with Gasteiger partial charge in [0.2, 0.25) is 0 Å². The maximum atomic E-state index is 3.62. The van der Waals surface area contributed by atoms with Crippen molar-refractivity contribution in [3.05, 3.63) is 0 Å². The van der Waals surface area contributed by atoms with Crippen LogP contribution in [0.5, 0.6) is 0 Å². The molecule has 0 bridgehead atoms. The highest BCUT2D eigenvalue weighted by Crippen LogP contribution is 2.41. The Morgan fingerprint density at radius 3 is 2.15 bits per heavy atom. The Morgan fingerprint density at radius 2 is 1.46 bits per heavy atom. The van der Waals surface area contributed by atoms with E-state index in [4.69, 9.17) is 0 Å². The second-order valence-electron chi connectivity index (χ2n) is 5.49. The third kappa shape index (κ3) is 1.90. The Morgan fingerprint density at radius 1 is 0.846 bits per heavy atom. The van der Waals surface area contributed by atoms with Crippen LogP contribution >= 0.6 is 0 Å². The molecule has 2 fully saturated rings. The number of rotatable bonds is 0. The predicted octanol–water partition coefficient (Wildman–Crippen LogP) is 2.67. The number of hydrogen-bond donors (Lipinski definition) is 1. The first kappa shape index (κ1) is 9.51. The van der Waals surface area contributed by atoms with Gasteiger partial charge in [0.15, 0.2) is 0 Å². The van der Waals surface area contributed by atoms with Crippen LogP contribution in [0, 0.1) is 23.7 Å². The third-order valence-corrected chi connectivity index (χ3v) is 4.37. The topological polar surface area (TPSA) is 12.0 Å². The molecule has 1 aliphatic heterocycles. The van der Waals surface area contributed by atoms with E-state index in [2.05, 4.69) is 26.1 Å². The molecule has 0 radical (unpaired) electrons. The fraction of sp³-hybridized carbons (Fsp3) is 1.00. The fourth-order valence-corrected chi connectivity index (χ4v) is 3.23. The lowest BCUT2D eigenvalue weighted by molar-refractivity contribution is 0.0893. The van der Waals surface area contributed by atoms with Gasteiger partial charge < -0.3 is 5.32 Å². The molecule has 0 amide bonds. The van der Waals surface area contributed by atoms with Crippen molar-refractivity contribution in [2.75, 3.05) is 6.54 Å². The van der Waals surface area contributed by atoms with E-state index < -0.39 is 0 Å². The molecule has 13 heavy (non-hydrogen) atoms. The van der Waals surface area contributed by atoms with Gasteiger partial charge in [-0.25, -0.2) is 0 Å². The maximum Gasteiger partial charge on any atom is 0.00415 e. The number of piperidine rings is 1. The van der Waals surface area contributed by atoms with E-state index in [9.17, 15) is 0 Å². The summed E-state index contributed by atoms with van der Waals surface area (Å²) >= 11 is 0. The quantitative estimate of drug-likeness (QED) is 0.606. The molecule has 1 aliphatic carbocycles. The van der Waals surface area contributed by atoms with E-state index in [0.717, 1.165) is 29.7 Å². The second-order valence-corrected chi connectivity index (χ2v) is 5.49. The molecule has 5 atom stereocenters. The minimum Gasteiger partial charge on any atom is -0.314 e. The molecule has 0 aromatic rings. The molecule has 2 aliphatic rings. The standard InChI is InChI=1S/C12H23N/c1-8-4-11-6-10(3)13-7-12(11)5-9(8)2/h8-13H,4-7H2,1-3H3. The van der Waals surface area contributed by atoms with Crippen LogP contribution in [0.2, 0.25) is 0 Å². The van der Waals surface area contributed by atoms with Gasteiger partial charge >= 0.3 is 0 Å². The van der Waals surface area contributed by atoms with Crippen molar-refractivity contribution in [3.63, 3.8) is 0 Å². The molecule has 0 aromatic carbocycles. The maximum absolute atomic E-state index is 3.62. The van der Waals surface area contributed by atoms with E-state index in [1.165, 1.54) is 25.8 Å². The van der Waals surface area contributed by atoms with Crippen molar-refractivity contribution in [1.29, 1.82) is 0 Å². The van der Waals surface area contributed by atoms with Gasteiger partial charge in [-0.1, -0.05) is 13.8 Å². The van der Waals surface area contributed by atoms with Gasteiger partial charge in [0, 0.05) is 6.04 Å². The smallest absolute Gasteiger partial charge is 0.00415 e. The lowest BCUT2D eigenvalue weighted by Gasteiger charge is -2.44. The first-order valence-electron chi connectivity index (χ1n) is 5.90. The van der Waals surface area contributed by atoms with E-state index in [1.54, 1.807) is 0 Å². The highest BCUT2D eigenvalue weighted by atomic mass is 14.9. The van der Waals surface area contributed by atoms with E-state index in [0.29, 0.717) is 0 Å². The Bertz CT molecular complexity index is 178. The van der Waals surface area contributed by atoms with Crippen LogP contribution in [0.3, 0.4) is 0 Å². The Kier molecular flexibility index (Phi) is 2.64. The lowest BCUT2D eigenvalue weighted by Crippen LogP contribution is -2.46. The van der Waals surface area contributed by atoms with Crippen molar-refractivity contribution in [3.8, 4) is 0 Å². The normalized spacial score (nSPS) is 51.5. The zero-order valence-electron chi connectivity index (χ0n) is 9.22. The first-order chi connectivity index (χ1) is 6.16. The Labute approximate surface area is 82.3 Å². The van der Waals surface area contributed by atoms with Crippen LogP contribution in [-0.2, 0) is 0 Å². The molecule has 1 N–H and O–H groups in total. The summed E-state index contributed by atoms with van der Waals surface area (Å²) in [5.74, 6) is 3.94. The van der Waals surface area contributed by atoms with Crippen LogP contribution in [-0.4, -0.2) is 12.6 Å². The largest absolute Gasteiger partial charge is 0.314 e. The third-order valence-electron chi connectivity index (χ3n) is 4.37. The lowest BCUT2D eigenvalue weighted by atomic mass is 9.66. The SMILES string of the molecule is CC1CC2CC(C)C(C)CC2CN1. The molecular formula is C12H23N. The van der Waals surface area contributed by atoms with Crippen molar-refractivity contribution < 1.29 is 0 Å². The second kappa shape index (κ2) is 3.61. The van der Waals surface area contributed by atoms with Gasteiger partial charge in [-0.2, -0.15) is 0 Å². The molecule has 5 unspecified atom stereocenters. The minimum atomic E-state index is 0.766. The molecule has 1 nitrogen and oxygen atoms in total. The van der Waals surface area contributed by atoms with Gasteiger partial charge in [-0.3, -0.25) is 0 Å². The van der Waals surface area contributed by atoms with Crippen molar-refractivity contribution in [2.24, 2.45) is 23.7 Å². The predicted molar refractivity (Wildman–Crippen MR) is 56.6 cm³/mol. The molecule has 76 valence electrons. The minimum absolute atomic E-state index is 0.766. The summed E-state index contributed by atoms with van der Waals surface area (Å²) in [7, 11) is 0. The van der Waals surface area contributed by atoms with Crippen molar-refractivity contribution >= 4 is 0 Å². The van der Waals surface area contributed by atoms with Crippen LogP contribution in [0.25, 0.3) is 0 Å². The molecule has 0 spiro atoms. The van der Waals surface area contributed by atoms with Gasteiger partial charge in [0.1, 0.15) is 0 Å². The van der Waals surface area contributed by atoms with Gasteiger partial charge in [0.25, 0.3) is 0 Å². The molecule has 2 rings (SSSR count). The van der Waals surface area contributed by atoms with Crippen LogP contribution in [0.1, 0.15) is 40.0 Å². The Balaban J connectivity index is 1.98. The summed E-state index contributed by atoms with van der Waals surface area (Å²) in [4.78, 5) is 0. The highest BCUT2D eigenvalue weighted by Gasteiger charge is 2.35. The summed E-state index contributed by atoms with van der Waals surface area (Å²) in [5, 5.41) is 3.62. The monoisotopic (exact) mass is 181 g/mol. The number of hydrogen-bond acceptors (Lipinski definition) is 1. The first-order valence-corrected chi connectivity index (χ1v) is 5.90. The zero-order chi connectivity index (χ0) is 9.42. The molecule has 1 heteroatoms. The highest BCUT2D eigenvalue weighted by molar-refractivity contribution is 4.89. The van der Waals surface area contributed by atoms with Crippen molar-refractivity contribution in [1.82, 2.24) is 5.32 Å². The van der Waals surface area contributed by atoms with E-state index in [-0.39, 0.29) is 0 Å². The van der Waals surface area contributed by atoms with Gasteiger partial charge in [-0.05, 0) is 56.4 Å². The van der Waals surface area contributed by atoms with Gasteiger partial charge in [-0.15, -0.1) is 0 Å². The van der Waals surface area contributed by atoms with Gasteiger partial charge in [0.05, 0.1) is 0 Å². The molecule has 1 saturated carbocycles. The summed E-state index contributed by atoms with van der Waals surface area (Å²) in [6, 6.07) is 0.766. The van der Waals surface area contributed by atoms with E-state index >= 15 is 0 Å². The summed E-state index contributed by atoms with van der Waals surface area (Å²) in [5.41, 5.74) is 0. The molecular weight excluding hydrogens is 158 g/mol. The average Bonchev–Trinajstić information content (AvgIpc) is 2.08. The average molecular weight is 181 g/mol. The Hall–Kier alpha value is -0.0400. The van der Waals surface area contributed by atoms with Crippen LogP contribution in [0.4, 0.5) is 0 Å². The van der Waals surface area contributed by atoms with E-state index in [1.807, 2.05) is 0 Å². The van der Waals surface area contributed by atoms with Crippen LogP contribution in [0.15, 0.2) is 0 Å². The van der Waals surface area contributed by atoms with Crippen molar-refractivity contribution in [2.45, 2.75) is 46.1 Å². The number of fused-ring (bicyclic) bond motifs is 1.